The fourth-order valence-electron chi connectivity index (χ4n) is 2.10. The van der Waals surface area contributed by atoms with E-state index in [4.69, 9.17) is 0 Å². The van der Waals surface area contributed by atoms with Gasteiger partial charge in [0.05, 0.1) is 9.67 Å². The van der Waals surface area contributed by atoms with Crippen molar-refractivity contribution in [1.29, 1.82) is 0 Å². The Morgan fingerprint density at radius 3 is 3.00 bits per heavy atom. The van der Waals surface area contributed by atoms with E-state index in [9.17, 15) is 5.11 Å². The van der Waals surface area contributed by atoms with Gasteiger partial charge in [-0.05, 0) is 35.4 Å². The number of aliphatic hydroxyl groups is 1. The average Bonchev–Trinajstić information content (AvgIpc) is 2.30. The van der Waals surface area contributed by atoms with Crippen LogP contribution in [-0.4, -0.2) is 27.7 Å². The largest absolute Gasteiger partial charge is 0.393 e. The van der Waals surface area contributed by atoms with E-state index >= 15 is 0 Å². The van der Waals surface area contributed by atoms with Gasteiger partial charge in [-0.1, -0.05) is 12.8 Å². The van der Waals surface area contributed by atoms with E-state index in [0.717, 1.165) is 35.2 Å². The molecule has 16 heavy (non-hydrogen) atoms. The Morgan fingerprint density at radius 1 is 1.44 bits per heavy atom. The molecule has 0 saturated heterocycles. The highest BCUT2D eigenvalue weighted by atomic mass is 127. The second-order valence-electron chi connectivity index (χ2n) is 4.21. The van der Waals surface area contributed by atoms with Gasteiger partial charge in [0.25, 0.3) is 0 Å². The molecule has 1 aromatic rings. The van der Waals surface area contributed by atoms with Crippen molar-refractivity contribution < 1.29 is 5.11 Å². The van der Waals surface area contributed by atoms with Crippen molar-refractivity contribution in [2.24, 2.45) is 5.92 Å². The van der Waals surface area contributed by atoms with Crippen molar-refractivity contribution in [3.63, 3.8) is 0 Å². The number of hydrogen-bond donors (Lipinski definition) is 2. The van der Waals surface area contributed by atoms with Crippen molar-refractivity contribution in [3.05, 3.63) is 16.1 Å². The molecule has 0 aliphatic heterocycles. The zero-order valence-corrected chi connectivity index (χ0v) is 11.2. The molecule has 0 amide bonds. The van der Waals surface area contributed by atoms with E-state index in [-0.39, 0.29) is 6.10 Å². The van der Waals surface area contributed by atoms with Crippen molar-refractivity contribution in [1.82, 2.24) is 9.97 Å². The third-order valence-corrected chi connectivity index (χ3v) is 3.86. The highest BCUT2D eigenvalue weighted by Gasteiger charge is 2.22. The monoisotopic (exact) mass is 333 g/mol. The summed E-state index contributed by atoms with van der Waals surface area (Å²) < 4.78 is 1.02. The third kappa shape index (κ3) is 3.04. The Balaban J connectivity index is 1.89. The Bertz CT molecular complexity index is 348. The first kappa shape index (κ1) is 12.0. The molecule has 0 radical (unpaired) electrons. The number of halogens is 1. The van der Waals surface area contributed by atoms with E-state index in [0.29, 0.717) is 5.92 Å². The number of nitrogens with one attached hydrogen (secondary N) is 1. The van der Waals surface area contributed by atoms with Crippen LogP contribution >= 0.6 is 22.6 Å². The minimum absolute atomic E-state index is 0.152. The minimum Gasteiger partial charge on any atom is -0.393 e. The van der Waals surface area contributed by atoms with Crippen LogP contribution < -0.4 is 5.32 Å². The molecule has 88 valence electrons. The summed E-state index contributed by atoms with van der Waals surface area (Å²) in [5, 5.41) is 13.1. The quantitative estimate of drug-likeness (QED) is 0.832. The van der Waals surface area contributed by atoms with E-state index < -0.39 is 0 Å². The van der Waals surface area contributed by atoms with E-state index in [1.807, 2.05) is 0 Å². The molecule has 2 unspecified atom stereocenters. The van der Waals surface area contributed by atoms with Crippen LogP contribution in [0, 0.1) is 9.49 Å². The highest BCUT2D eigenvalue weighted by molar-refractivity contribution is 14.1. The van der Waals surface area contributed by atoms with E-state index in [2.05, 4.69) is 37.9 Å². The van der Waals surface area contributed by atoms with Gasteiger partial charge in [-0.3, -0.25) is 0 Å². The molecule has 0 bridgehead atoms. The third-order valence-electron chi connectivity index (χ3n) is 3.07. The normalized spacial score (nSPS) is 25.4. The molecule has 5 heteroatoms. The lowest BCUT2D eigenvalue weighted by molar-refractivity contribution is 0.0763. The number of nitrogens with zero attached hydrogens (tertiary/aromatic N) is 2. The van der Waals surface area contributed by atoms with Gasteiger partial charge >= 0.3 is 0 Å². The SMILES string of the molecule is OC1CCCCC1CNc1ncncc1I. The van der Waals surface area contributed by atoms with E-state index in [1.54, 1.807) is 12.5 Å². The Morgan fingerprint density at radius 2 is 2.25 bits per heavy atom. The topological polar surface area (TPSA) is 58.0 Å². The van der Waals surface area contributed by atoms with Crippen LogP contribution in [0.25, 0.3) is 0 Å². The van der Waals surface area contributed by atoms with Crippen molar-refractivity contribution in [2.45, 2.75) is 31.8 Å². The summed E-state index contributed by atoms with van der Waals surface area (Å²) in [4.78, 5) is 8.12. The fourth-order valence-corrected chi connectivity index (χ4v) is 2.59. The van der Waals surface area contributed by atoms with Crippen molar-refractivity contribution in [2.75, 3.05) is 11.9 Å². The van der Waals surface area contributed by atoms with Gasteiger partial charge < -0.3 is 10.4 Å². The van der Waals surface area contributed by atoms with Crippen molar-refractivity contribution >= 4 is 28.4 Å². The summed E-state index contributed by atoms with van der Waals surface area (Å²) in [5.41, 5.74) is 0. The zero-order valence-electron chi connectivity index (χ0n) is 9.06. The van der Waals surface area contributed by atoms with Gasteiger partial charge in [0.1, 0.15) is 12.1 Å². The zero-order chi connectivity index (χ0) is 11.4. The number of hydrogen-bond acceptors (Lipinski definition) is 4. The summed E-state index contributed by atoms with van der Waals surface area (Å²) >= 11 is 2.21. The Kier molecular flexibility index (Phi) is 4.34. The Labute approximate surface area is 109 Å². The first-order valence-corrected chi connectivity index (χ1v) is 6.72. The van der Waals surface area contributed by atoms with Gasteiger partial charge in [0.2, 0.25) is 0 Å². The maximum atomic E-state index is 9.84. The van der Waals surface area contributed by atoms with Crippen molar-refractivity contribution in [3.8, 4) is 0 Å². The molecule has 0 aromatic carbocycles. The molecule has 1 heterocycles. The van der Waals surface area contributed by atoms with Crippen LogP contribution in [0.4, 0.5) is 5.82 Å². The van der Waals surface area contributed by atoms with Crippen LogP contribution in [0.5, 0.6) is 0 Å². The van der Waals surface area contributed by atoms with Crippen LogP contribution in [0.15, 0.2) is 12.5 Å². The second-order valence-corrected chi connectivity index (χ2v) is 5.37. The number of aliphatic hydroxyl groups excluding tert-OH is 1. The summed E-state index contributed by atoms with van der Waals surface area (Å²) in [6.07, 6.45) is 7.60. The summed E-state index contributed by atoms with van der Waals surface area (Å²) in [7, 11) is 0. The lowest BCUT2D eigenvalue weighted by atomic mass is 9.86. The van der Waals surface area contributed by atoms with Crippen LogP contribution in [-0.2, 0) is 0 Å². The average molecular weight is 333 g/mol. The van der Waals surface area contributed by atoms with Gasteiger partial charge in [0, 0.05) is 18.7 Å². The molecule has 1 fully saturated rings. The summed E-state index contributed by atoms with van der Waals surface area (Å²) in [6, 6.07) is 0. The number of rotatable bonds is 3. The summed E-state index contributed by atoms with van der Waals surface area (Å²) in [5.74, 6) is 1.23. The highest BCUT2D eigenvalue weighted by Crippen LogP contribution is 2.25. The first-order chi connectivity index (χ1) is 7.77. The van der Waals surface area contributed by atoms with Crippen LogP contribution in [0.1, 0.15) is 25.7 Å². The van der Waals surface area contributed by atoms with Crippen LogP contribution in [0.3, 0.4) is 0 Å². The molecule has 4 nitrogen and oxygen atoms in total. The van der Waals surface area contributed by atoms with Gasteiger partial charge in [0.15, 0.2) is 0 Å². The maximum absolute atomic E-state index is 9.84. The molecule has 0 spiro atoms. The molecule has 1 aliphatic carbocycles. The molecule has 2 N–H and O–H groups in total. The molecular formula is C11H16IN3O. The van der Waals surface area contributed by atoms with E-state index in [1.165, 1.54) is 6.42 Å². The van der Waals surface area contributed by atoms with Crippen LogP contribution in [0.2, 0.25) is 0 Å². The summed E-state index contributed by atoms with van der Waals surface area (Å²) in [6.45, 7) is 0.800. The molecule has 2 atom stereocenters. The molecule has 1 saturated carbocycles. The minimum atomic E-state index is -0.152. The predicted octanol–water partition coefficient (Wildman–Crippen LogP) is 2.04. The molecule has 1 aliphatic rings. The lowest BCUT2D eigenvalue weighted by Crippen LogP contribution is -2.30. The molecular weight excluding hydrogens is 317 g/mol. The first-order valence-electron chi connectivity index (χ1n) is 5.65. The number of anilines is 1. The standard InChI is InChI=1S/C11H16IN3O/c12-9-6-13-7-15-11(9)14-5-8-3-1-2-4-10(8)16/h6-8,10,16H,1-5H2,(H,13,14,15). The number of aromatic nitrogens is 2. The smallest absolute Gasteiger partial charge is 0.142 e. The predicted molar refractivity (Wildman–Crippen MR) is 71.2 cm³/mol. The lowest BCUT2D eigenvalue weighted by Gasteiger charge is -2.27. The van der Waals surface area contributed by atoms with Gasteiger partial charge in [-0.15, -0.1) is 0 Å². The Hall–Kier alpha value is -0.430. The molecule has 2 rings (SSSR count). The molecule has 1 aromatic heterocycles. The fraction of sp³-hybridized carbons (Fsp3) is 0.636. The van der Waals surface area contributed by atoms with Gasteiger partial charge in [-0.2, -0.15) is 0 Å². The maximum Gasteiger partial charge on any atom is 0.142 e. The second kappa shape index (κ2) is 5.77. The van der Waals surface area contributed by atoms with Gasteiger partial charge in [-0.25, -0.2) is 9.97 Å².